The lowest BCUT2D eigenvalue weighted by Crippen LogP contribution is -2.39. The maximum absolute atomic E-state index is 12.2. The molecule has 0 spiro atoms. The molecule has 1 saturated heterocycles. The molecule has 18 heavy (non-hydrogen) atoms. The number of hydrogen-bond acceptors (Lipinski definition) is 3. The molecule has 3 N–H and O–H groups in total. The van der Waals surface area contributed by atoms with Crippen LogP contribution >= 0.6 is 0 Å². The molecule has 1 aliphatic rings. The van der Waals surface area contributed by atoms with Gasteiger partial charge in [0.1, 0.15) is 5.69 Å². The van der Waals surface area contributed by atoms with Crippen LogP contribution in [0.25, 0.3) is 0 Å². The van der Waals surface area contributed by atoms with Crippen LogP contribution in [0.15, 0.2) is 12.3 Å². The Morgan fingerprint density at radius 3 is 2.94 bits per heavy atom. The van der Waals surface area contributed by atoms with Gasteiger partial charge in [0.15, 0.2) is 0 Å². The molecule has 1 aromatic heterocycles. The number of nitrogen functional groups attached to an aromatic ring is 1. The highest BCUT2D eigenvalue weighted by Crippen LogP contribution is 2.13. The third-order valence-corrected chi connectivity index (χ3v) is 3.17. The van der Waals surface area contributed by atoms with Crippen molar-refractivity contribution in [2.45, 2.75) is 38.8 Å². The van der Waals surface area contributed by atoms with Crippen LogP contribution in [0, 0.1) is 0 Å². The van der Waals surface area contributed by atoms with Crippen LogP contribution in [0.1, 0.15) is 36.7 Å². The zero-order valence-corrected chi connectivity index (χ0v) is 10.8. The van der Waals surface area contributed by atoms with Crippen LogP contribution in [0.5, 0.6) is 0 Å². The Hall–Kier alpha value is -1.49. The van der Waals surface area contributed by atoms with Crippen molar-refractivity contribution in [3.8, 4) is 0 Å². The van der Waals surface area contributed by atoms with Gasteiger partial charge in [-0.2, -0.15) is 0 Å². The number of carbonyl (C=O) groups is 1. The van der Waals surface area contributed by atoms with Crippen LogP contribution in [0.2, 0.25) is 0 Å². The van der Waals surface area contributed by atoms with Crippen molar-refractivity contribution in [3.63, 3.8) is 0 Å². The predicted octanol–water partition coefficient (Wildman–Crippen LogP) is 1.39. The first-order valence-electron chi connectivity index (χ1n) is 6.55. The van der Waals surface area contributed by atoms with Crippen LogP contribution in [0.3, 0.4) is 0 Å². The molecule has 0 aliphatic carbocycles. The minimum absolute atomic E-state index is 0.0351. The number of anilines is 1. The summed E-state index contributed by atoms with van der Waals surface area (Å²) in [6.45, 7) is 4.34. The normalized spacial score (nSPS) is 16.7. The number of amides is 1. The van der Waals surface area contributed by atoms with Gasteiger partial charge in [0, 0.05) is 32.0 Å². The van der Waals surface area contributed by atoms with Crippen molar-refractivity contribution in [2.24, 2.45) is 0 Å². The average Bonchev–Trinajstić information content (AvgIpc) is 2.72. The number of aryl methyl sites for hydroxylation is 1. The predicted molar refractivity (Wildman–Crippen MR) is 70.4 cm³/mol. The SMILES string of the molecule is CCCn1cc(N)cc1C(=O)NC1CCOCC1. The van der Waals surface area contributed by atoms with E-state index in [-0.39, 0.29) is 11.9 Å². The van der Waals surface area contributed by atoms with E-state index in [9.17, 15) is 4.79 Å². The van der Waals surface area contributed by atoms with E-state index in [0.29, 0.717) is 11.4 Å². The first kappa shape index (κ1) is 13.0. The summed E-state index contributed by atoms with van der Waals surface area (Å²) < 4.78 is 7.20. The van der Waals surface area contributed by atoms with Gasteiger partial charge < -0.3 is 20.4 Å². The Bertz CT molecular complexity index is 408. The summed E-state index contributed by atoms with van der Waals surface area (Å²) >= 11 is 0. The molecule has 2 heterocycles. The molecule has 1 aliphatic heterocycles. The summed E-state index contributed by atoms with van der Waals surface area (Å²) in [7, 11) is 0. The summed E-state index contributed by atoms with van der Waals surface area (Å²) in [6.07, 6.45) is 4.57. The smallest absolute Gasteiger partial charge is 0.268 e. The van der Waals surface area contributed by atoms with Crippen molar-refractivity contribution in [1.29, 1.82) is 0 Å². The molecular formula is C13H21N3O2. The molecule has 1 fully saturated rings. The Labute approximate surface area is 107 Å². The highest BCUT2D eigenvalue weighted by atomic mass is 16.5. The van der Waals surface area contributed by atoms with E-state index in [1.807, 2.05) is 10.8 Å². The van der Waals surface area contributed by atoms with Gasteiger partial charge in [-0.05, 0) is 25.3 Å². The van der Waals surface area contributed by atoms with Gasteiger partial charge in [-0.25, -0.2) is 0 Å². The van der Waals surface area contributed by atoms with Gasteiger partial charge in [0.05, 0.1) is 5.69 Å². The number of ether oxygens (including phenoxy) is 1. The van der Waals surface area contributed by atoms with Crippen molar-refractivity contribution >= 4 is 11.6 Å². The molecule has 5 nitrogen and oxygen atoms in total. The van der Waals surface area contributed by atoms with Gasteiger partial charge in [0.2, 0.25) is 0 Å². The van der Waals surface area contributed by atoms with Crippen LogP contribution in [0.4, 0.5) is 5.69 Å². The van der Waals surface area contributed by atoms with Gasteiger partial charge in [-0.3, -0.25) is 4.79 Å². The molecular weight excluding hydrogens is 230 g/mol. The standard InChI is InChI=1S/C13H21N3O2/c1-2-5-16-9-10(14)8-12(16)13(17)15-11-3-6-18-7-4-11/h8-9,11H,2-7,14H2,1H3,(H,15,17). The van der Waals surface area contributed by atoms with E-state index in [2.05, 4.69) is 12.2 Å². The number of nitrogens with one attached hydrogen (secondary N) is 1. The maximum atomic E-state index is 12.2. The maximum Gasteiger partial charge on any atom is 0.268 e. The van der Waals surface area contributed by atoms with E-state index < -0.39 is 0 Å². The fourth-order valence-corrected chi connectivity index (χ4v) is 2.25. The molecule has 5 heteroatoms. The third-order valence-electron chi connectivity index (χ3n) is 3.17. The topological polar surface area (TPSA) is 69.3 Å². The highest BCUT2D eigenvalue weighted by Gasteiger charge is 2.19. The van der Waals surface area contributed by atoms with Gasteiger partial charge in [-0.1, -0.05) is 6.92 Å². The Morgan fingerprint density at radius 2 is 2.28 bits per heavy atom. The Kier molecular flexibility index (Phi) is 4.25. The Balaban J connectivity index is 2.03. The summed E-state index contributed by atoms with van der Waals surface area (Å²) in [5.74, 6) is -0.0351. The molecule has 1 amide bonds. The van der Waals surface area contributed by atoms with Crippen molar-refractivity contribution in [3.05, 3.63) is 18.0 Å². The minimum Gasteiger partial charge on any atom is -0.397 e. The number of hydrogen-bond donors (Lipinski definition) is 2. The van der Waals surface area contributed by atoms with Crippen molar-refractivity contribution < 1.29 is 9.53 Å². The quantitative estimate of drug-likeness (QED) is 0.849. The van der Waals surface area contributed by atoms with Crippen molar-refractivity contribution in [2.75, 3.05) is 18.9 Å². The van der Waals surface area contributed by atoms with E-state index in [1.165, 1.54) is 0 Å². The molecule has 0 bridgehead atoms. The first-order chi connectivity index (χ1) is 8.70. The number of rotatable bonds is 4. The van der Waals surface area contributed by atoms with Crippen molar-refractivity contribution in [1.82, 2.24) is 9.88 Å². The number of nitrogens with zero attached hydrogens (tertiary/aromatic N) is 1. The molecule has 0 atom stereocenters. The summed E-state index contributed by atoms with van der Waals surface area (Å²) in [4.78, 5) is 12.2. The summed E-state index contributed by atoms with van der Waals surface area (Å²) in [5.41, 5.74) is 7.05. The van der Waals surface area contributed by atoms with Crippen LogP contribution in [-0.4, -0.2) is 29.7 Å². The molecule has 0 unspecified atom stereocenters. The van der Waals surface area contributed by atoms with E-state index in [1.54, 1.807) is 6.07 Å². The molecule has 2 rings (SSSR count). The highest BCUT2D eigenvalue weighted by molar-refractivity contribution is 5.94. The summed E-state index contributed by atoms with van der Waals surface area (Å²) in [6, 6.07) is 1.96. The molecule has 0 saturated carbocycles. The first-order valence-corrected chi connectivity index (χ1v) is 6.55. The lowest BCUT2D eigenvalue weighted by Gasteiger charge is -2.23. The van der Waals surface area contributed by atoms with E-state index >= 15 is 0 Å². The van der Waals surface area contributed by atoms with E-state index in [4.69, 9.17) is 10.5 Å². The average molecular weight is 251 g/mol. The minimum atomic E-state index is -0.0351. The number of aromatic nitrogens is 1. The summed E-state index contributed by atoms with van der Waals surface area (Å²) in [5, 5.41) is 3.05. The molecule has 1 aromatic rings. The zero-order valence-electron chi connectivity index (χ0n) is 10.8. The van der Waals surface area contributed by atoms with Gasteiger partial charge in [-0.15, -0.1) is 0 Å². The van der Waals surface area contributed by atoms with Gasteiger partial charge in [0.25, 0.3) is 5.91 Å². The number of nitrogens with two attached hydrogens (primary N) is 1. The van der Waals surface area contributed by atoms with Crippen LogP contribution in [-0.2, 0) is 11.3 Å². The second kappa shape index (κ2) is 5.91. The largest absolute Gasteiger partial charge is 0.397 e. The fraction of sp³-hybridized carbons (Fsp3) is 0.615. The Morgan fingerprint density at radius 1 is 1.56 bits per heavy atom. The van der Waals surface area contributed by atoms with Gasteiger partial charge >= 0.3 is 0 Å². The second-order valence-corrected chi connectivity index (χ2v) is 4.71. The monoisotopic (exact) mass is 251 g/mol. The third kappa shape index (κ3) is 3.04. The fourth-order valence-electron chi connectivity index (χ4n) is 2.25. The molecule has 0 radical (unpaired) electrons. The lowest BCUT2D eigenvalue weighted by molar-refractivity contribution is 0.0692. The lowest BCUT2D eigenvalue weighted by atomic mass is 10.1. The van der Waals surface area contributed by atoms with Crippen LogP contribution < -0.4 is 11.1 Å². The van der Waals surface area contributed by atoms with E-state index in [0.717, 1.165) is 39.0 Å². The number of carbonyl (C=O) groups excluding carboxylic acids is 1. The molecule has 100 valence electrons. The molecule has 0 aromatic carbocycles. The second-order valence-electron chi connectivity index (χ2n) is 4.71. The zero-order chi connectivity index (χ0) is 13.0.